The first-order valence-electron chi connectivity index (χ1n) is 6.65. The number of hydrogen-bond donors (Lipinski definition) is 1. The fourth-order valence-corrected chi connectivity index (χ4v) is 2.76. The van der Waals surface area contributed by atoms with Gasteiger partial charge in [-0.2, -0.15) is 0 Å². The van der Waals surface area contributed by atoms with Crippen LogP contribution in [0, 0.1) is 13.8 Å². The molecule has 2 aromatic carbocycles. The summed E-state index contributed by atoms with van der Waals surface area (Å²) in [6, 6.07) is 10.3. The van der Waals surface area contributed by atoms with Crippen molar-refractivity contribution in [2.75, 3.05) is 14.2 Å². The lowest BCUT2D eigenvalue weighted by Gasteiger charge is -2.14. The molecule has 0 aliphatic rings. The molecule has 0 atom stereocenters. The average molecular weight is 290 g/mol. The lowest BCUT2D eigenvalue weighted by Crippen LogP contribution is -2.06. The van der Waals surface area contributed by atoms with Gasteiger partial charge in [-0.3, -0.25) is 0 Å². The maximum atomic E-state index is 6.16. The number of benzene rings is 2. The average Bonchev–Trinajstić information content (AvgIpc) is 2.40. The minimum absolute atomic E-state index is 0.756. The minimum Gasteiger partial charge on any atom is -0.496 e. The van der Waals surface area contributed by atoms with E-state index in [-0.39, 0.29) is 0 Å². The van der Waals surface area contributed by atoms with E-state index in [2.05, 4.69) is 37.4 Å². The third kappa shape index (κ3) is 2.97. The van der Waals surface area contributed by atoms with Gasteiger partial charge in [-0.1, -0.05) is 17.7 Å². The van der Waals surface area contributed by atoms with E-state index in [1.54, 1.807) is 7.11 Å². The predicted molar refractivity (Wildman–Crippen MR) is 85.7 cm³/mol. The van der Waals surface area contributed by atoms with Crippen molar-refractivity contribution in [1.29, 1.82) is 0 Å². The van der Waals surface area contributed by atoms with Crippen LogP contribution in [0.4, 0.5) is 0 Å². The van der Waals surface area contributed by atoms with Gasteiger partial charge >= 0.3 is 0 Å². The van der Waals surface area contributed by atoms with Gasteiger partial charge in [-0.05, 0) is 73.0 Å². The summed E-state index contributed by atoms with van der Waals surface area (Å²) in [4.78, 5) is 0. The monoisotopic (exact) mass is 289 g/mol. The fourth-order valence-electron chi connectivity index (χ4n) is 2.59. The first-order valence-corrected chi connectivity index (χ1v) is 7.03. The van der Waals surface area contributed by atoms with Crippen molar-refractivity contribution in [3.63, 3.8) is 0 Å². The van der Waals surface area contributed by atoms with Gasteiger partial charge in [0.2, 0.25) is 0 Å². The Labute approximate surface area is 125 Å². The van der Waals surface area contributed by atoms with Crippen LogP contribution in [0.3, 0.4) is 0 Å². The molecule has 0 heterocycles. The molecule has 0 saturated heterocycles. The zero-order valence-corrected chi connectivity index (χ0v) is 13.1. The Balaban J connectivity index is 2.59. The first-order chi connectivity index (χ1) is 9.56. The van der Waals surface area contributed by atoms with Crippen LogP contribution in [0.15, 0.2) is 30.3 Å². The molecule has 106 valence electrons. The Morgan fingerprint density at radius 3 is 2.30 bits per heavy atom. The largest absolute Gasteiger partial charge is 0.496 e. The van der Waals surface area contributed by atoms with E-state index in [1.165, 1.54) is 16.7 Å². The first kappa shape index (κ1) is 14.9. The number of halogens is 1. The Kier molecular flexibility index (Phi) is 4.69. The maximum absolute atomic E-state index is 6.16. The molecular weight excluding hydrogens is 270 g/mol. The lowest BCUT2D eigenvalue weighted by atomic mass is 9.96. The van der Waals surface area contributed by atoms with E-state index in [0.29, 0.717) is 0 Å². The Hall–Kier alpha value is -1.51. The van der Waals surface area contributed by atoms with E-state index in [0.717, 1.165) is 28.4 Å². The molecule has 3 heteroatoms. The van der Waals surface area contributed by atoms with Gasteiger partial charge in [0.1, 0.15) is 5.75 Å². The maximum Gasteiger partial charge on any atom is 0.124 e. The Bertz CT molecular complexity index is 599. The number of hydrogen-bond acceptors (Lipinski definition) is 2. The van der Waals surface area contributed by atoms with Gasteiger partial charge < -0.3 is 10.1 Å². The van der Waals surface area contributed by atoms with Crippen LogP contribution in [-0.4, -0.2) is 14.2 Å². The van der Waals surface area contributed by atoms with E-state index in [4.69, 9.17) is 16.3 Å². The predicted octanol–water partition coefficient (Wildman–Crippen LogP) is 4.35. The molecule has 0 unspecified atom stereocenters. The topological polar surface area (TPSA) is 21.3 Å². The standard InChI is InChI=1S/C17H20ClNO/c1-11-7-14(8-12(2)17(11)20-4)16-9-15(18)6-5-13(16)10-19-3/h5-9,19H,10H2,1-4H3. The molecule has 0 spiro atoms. The van der Waals surface area contributed by atoms with Crippen LogP contribution in [-0.2, 0) is 6.54 Å². The summed E-state index contributed by atoms with van der Waals surface area (Å²) in [5.41, 5.74) is 5.85. The SMILES string of the molecule is CNCc1ccc(Cl)cc1-c1cc(C)c(OC)c(C)c1. The van der Waals surface area contributed by atoms with Gasteiger partial charge in [0.15, 0.2) is 0 Å². The summed E-state index contributed by atoms with van der Waals surface area (Å²) in [5, 5.41) is 3.95. The number of aryl methyl sites for hydroxylation is 2. The van der Waals surface area contributed by atoms with E-state index in [1.807, 2.05) is 19.2 Å². The molecule has 0 amide bonds. The van der Waals surface area contributed by atoms with Crippen molar-refractivity contribution >= 4 is 11.6 Å². The van der Waals surface area contributed by atoms with Crippen molar-refractivity contribution in [2.24, 2.45) is 0 Å². The molecule has 20 heavy (non-hydrogen) atoms. The summed E-state index contributed by atoms with van der Waals surface area (Å²) >= 11 is 6.16. The summed E-state index contributed by atoms with van der Waals surface area (Å²) < 4.78 is 5.43. The smallest absolute Gasteiger partial charge is 0.124 e. The lowest BCUT2D eigenvalue weighted by molar-refractivity contribution is 0.408. The molecule has 0 aromatic heterocycles. The van der Waals surface area contributed by atoms with Gasteiger partial charge in [-0.15, -0.1) is 0 Å². The van der Waals surface area contributed by atoms with Gasteiger partial charge in [0.25, 0.3) is 0 Å². The molecule has 2 rings (SSSR count). The van der Waals surface area contributed by atoms with Crippen LogP contribution in [0.25, 0.3) is 11.1 Å². The molecule has 0 aliphatic heterocycles. The summed E-state index contributed by atoms with van der Waals surface area (Å²) in [7, 11) is 3.66. The van der Waals surface area contributed by atoms with Gasteiger partial charge in [0.05, 0.1) is 7.11 Å². The molecular formula is C17H20ClNO. The molecule has 0 fully saturated rings. The second-order valence-corrected chi connectivity index (χ2v) is 5.41. The highest BCUT2D eigenvalue weighted by Gasteiger charge is 2.10. The number of ether oxygens (including phenoxy) is 1. The summed E-state index contributed by atoms with van der Waals surface area (Å²) in [6.45, 7) is 4.95. The fraction of sp³-hybridized carbons (Fsp3) is 0.294. The van der Waals surface area contributed by atoms with Gasteiger partial charge in [0, 0.05) is 11.6 Å². The Morgan fingerprint density at radius 1 is 1.10 bits per heavy atom. The number of methoxy groups -OCH3 is 1. The normalized spacial score (nSPS) is 10.7. The molecule has 0 aliphatic carbocycles. The van der Waals surface area contributed by atoms with E-state index >= 15 is 0 Å². The zero-order chi connectivity index (χ0) is 14.7. The second-order valence-electron chi connectivity index (χ2n) is 4.98. The molecule has 0 bridgehead atoms. The van der Waals surface area contributed by atoms with Crippen LogP contribution in [0.2, 0.25) is 5.02 Å². The highest BCUT2D eigenvalue weighted by atomic mass is 35.5. The van der Waals surface area contributed by atoms with Crippen molar-refractivity contribution < 1.29 is 4.74 Å². The third-order valence-corrected chi connectivity index (χ3v) is 3.65. The molecule has 2 aromatic rings. The van der Waals surface area contributed by atoms with E-state index < -0.39 is 0 Å². The van der Waals surface area contributed by atoms with Crippen molar-refractivity contribution in [2.45, 2.75) is 20.4 Å². The molecule has 2 nitrogen and oxygen atoms in total. The summed E-state index contributed by atoms with van der Waals surface area (Å²) in [5.74, 6) is 0.950. The minimum atomic E-state index is 0.756. The quantitative estimate of drug-likeness (QED) is 0.903. The molecule has 0 radical (unpaired) electrons. The molecule has 0 saturated carbocycles. The van der Waals surface area contributed by atoms with Crippen molar-refractivity contribution in [3.8, 4) is 16.9 Å². The number of rotatable bonds is 4. The van der Waals surface area contributed by atoms with Crippen LogP contribution >= 0.6 is 11.6 Å². The Morgan fingerprint density at radius 2 is 1.75 bits per heavy atom. The van der Waals surface area contributed by atoms with Crippen LogP contribution in [0.1, 0.15) is 16.7 Å². The second kappa shape index (κ2) is 6.29. The summed E-state index contributed by atoms with van der Waals surface area (Å²) in [6.07, 6.45) is 0. The van der Waals surface area contributed by atoms with Crippen molar-refractivity contribution in [1.82, 2.24) is 5.32 Å². The van der Waals surface area contributed by atoms with Crippen LogP contribution < -0.4 is 10.1 Å². The number of nitrogens with one attached hydrogen (secondary N) is 1. The van der Waals surface area contributed by atoms with Crippen molar-refractivity contribution in [3.05, 3.63) is 52.0 Å². The van der Waals surface area contributed by atoms with Gasteiger partial charge in [-0.25, -0.2) is 0 Å². The molecule has 1 N–H and O–H groups in total. The van der Waals surface area contributed by atoms with E-state index in [9.17, 15) is 0 Å². The third-order valence-electron chi connectivity index (χ3n) is 3.41. The highest BCUT2D eigenvalue weighted by Crippen LogP contribution is 2.33. The highest BCUT2D eigenvalue weighted by molar-refractivity contribution is 6.30. The zero-order valence-electron chi connectivity index (χ0n) is 12.4. The van der Waals surface area contributed by atoms with Crippen LogP contribution in [0.5, 0.6) is 5.75 Å².